The van der Waals surface area contributed by atoms with E-state index in [1.54, 1.807) is 14.0 Å². The zero-order valence-corrected chi connectivity index (χ0v) is 11.4. The third-order valence-electron chi connectivity index (χ3n) is 2.88. The number of aliphatic hydroxyl groups excluding tert-OH is 1. The van der Waals surface area contributed by atoms with E-state index in [1.165, 1.54) is 0 Å². The van der Waals surface area contributed by atoms with Gasteiger partial charge in [0.05, 0.1) is 18.8 Å². The molecule has 19 heavy (non-hydrogen) atoms. The first kappa shape index (κ1) is 13.4. The predicted octanol–water partition coefficient (Wildman–Crippen LogP) is 3.85. The van der Waals surface area contributed by atoms with Crippen molar-refractivity contribution < 1.29 is 14.6 Å². The first-order valence-corrected chi connectivity index (χ1v) is 6.21. The topological polar surface area (TPSA) is 38.7 Å². The summed E-state index contributed by atoms with van der Waals surface area (Å²) in [6, 6.07) is 13.3. The van der Waals surface area contributed by atoms with Gasteiger partial charge in [0, 0.05) is 0 Å². The zero-order valence-electron chi connectivity index (χ0n) is 11.4. The summed E-state index contributed by atoms with van der Waals surface area (Å²) in [6.07, 6.45) is -0.657. The van der Waals surface area contributed by atoms with Gasteiger partial charge in [0.25, 0.3) is 0 Å². The summed E-state index contributed by atoms with van der Waals surface area (Å²) in [7, 11) is 1.58. The summed E-state index contributed by atoms with van der Waals surface area (Å²) in [5.41, 5.74) is 1.78. The number of methoxy groups -OCH3 is 1. The number of aryl methyl sites for hydroxylation is 1. The Morgan fingerprint density at radius 1 is 1.05 bits per heavy atom. The second-order valence-corrected chi connectivity index (χ2v) is 4.47. The van der Waals surface area contributed by atoms with Crippen molar-refractivity contribution in [2.45, 2.75) is 20.0 Å². The largest absolute Gasteiger partial charge is 0.496 e. The van der Waals surface area contributed by atoms with E-state index in [9.17, 15) is 5.11 Å². The molecule has 0 radical (unpaired) electrons. The lowest BCUT2D eigenvalue weighted by Crippen LogP contribution is -2.00. The van der Waals surface area contributed by atoms with E-state index in [4.69, 9.17) is 9.47 Å². The third kappa shape index (κ3) is 3.06. The molecule has 100 valence electrons. The van der Waals surface area contributed by atoms with E-state index in [0.717, 1.165) is 11.3 Å². The molecule has 3 nitrogen and oxygen atoms in total. The van der Waals surface area contributed by atoms with Crippen molar-refractivity contribution in [3.63, 3.8) is 0 Å². The van der Waals surface area contributed by atoms with Gasteiger partial charge in [0.15, 0.2) is 0 Å². The van der Waals surface area contributed by atoms with Crippen LogP contribution < -0.4 is 9.47 Å². The fourth-order valence-electron chi connectivity index (χ4n) is 2.01. The van der Waals surface area contributed by atoms with Gasteiger partial charge in [-0.25, -0.2) is 0 Å². The molecule has 2 aromatic carbocycles. The summed E-state index contributed by atoms with van der Waals surface area (Å²) in [6.45, 7) is 3.70. The van der Waals surface area contributed by atoms with Crippen LogP contribution in [0, 0.1) is 6.92 Å². The Balaban J connectivity index is 2.39. The van der Waals surface area contributed by atoms with Crippen molar-refractivity contribution >= 4 is 0 Å². The number of ether oxygens (including phenoxy) is 2. The van der Waals surface area contributed by atoms with Crippen molar-refractivity contribution in [2.24, 2.45) is 0 Å². The highest BCUT2D eigenvalue weighted by atomic mass is 16.5. The van der Waals surface area contributed by atoms with Crippen LogP contribution in [0.15, 0.2) is 42.5 Å². The Labute approximate surface area is 113 Å². The zero-order chi connectivity index (χ0) is 13.8. The van der Waals surface area contributed by atoms with Crippen molar-refractivity contribution in [1.82, 2.24) is 0 Å². The maximum atomic E-state index is 9.89. The van der Waals surface area contributed by atoms with Crippen LogP contribution in [-0.4, -0.2) is 12.2 Å². The van der Waals surface area contributed by atoms with E-state index >= 15 is 0 Å². The molecular weight excluding hydrogens is 240 g/mol. The summed E-state index contributed by atoms with van der Waals surface area (Å²) in [5.74, 6) is 1.98. The highest BCUT2D eigenvalue weighted by Crippen LogP contribution is 2.36. The number of aliphatic hydroxyl groups is 1. The Morgan fingerprint density at radius 2 is 1.74 bits per heavy atom. The lowest BCUT2D eigenvalue weighted by Gasteiger charge is -2.16. The average Bonchev–Trinajstić information content (AvgIpc) is 2.38. The Morgan fingerprint density at radius 3 is 2.37 bits per heavy atom. The number of hydrogen-bond acceptors (Lipinski definition) is 3. The Hall–Kier alpha value is -2.00. The fourth-order valence-corrected chi connectivity index (χ4v) is 2.01. The van der Waals surface area contributed by atoms with Crippen LogP contribution in [0.1, 0.15) is 24.2 Å². The summed E-state index contributed by atoms with van der Waals surface area (Å²) in [4.78, 5) is 0. The van der Waals surface area contributed by atoms with Crippen LogP contribution in [-0.2, 0) is 0 Å². The van der Waals surface area contributed by atoms with Gasteiger partial charge in [-0.15, -0.1) is 0 Å². The normalized spacial score (nSPS) is 12.0. The van der Waals surface area contributed by atoms with E-state index < -0.39 is 6.10 Å². The van der Waals surface area contributed by atoms with Crippen molar-refractivity contribution in [3.05, 3.63) is 53.6 Å². The maximum absolute atomic E-state index is 9.89. The van der Waals surface area contributed by atoms with Crippen molar-refractivity contribution in [3.8, 4) is 17.2 Å². The minimum atomic E-state index is -0.657. The predicted molar refractivity (Wildman–Crippen MR) is 74.9 cm³/mol. The van der Waals surface area contributed by atoms with Crippen LogP contribution in [0.5, 0.6) is 17.2 Å². The molecule has 0 unspecified atom stereocenters. The molecule has 0 aliphatic carbocycles. The van der Waals surface area contributed by atoms with Gasteiger partial charge in [-0.05, 0) is 43.7 Å². The molecule has 0 heterocycles. The maximum Gasteiger partial charge on any atom is 0.136 e. The molecule has 0 amide bonds. The molecule has 0 saturated carbocycles. The standard InChI is InChI=1S/C16H18O3/c1-11-6-4-7-13(10-11)19-15-9-5-8-14(18-3)16(15)12(2)17/h4-10,12,17H,1-3H3/t12-/m1/s1. The van der Waals surface area contributed by atoms with Gasteiger partial charge >= 0.3 is 0 Å². The van der Waals surface area contributed by atoms with E-state index in [2.05, 4.69) is 0 Å². The summed E-state index contributed by atoms with van der Waals surface area (Å²) >= 11 is 0. The van der Waals surface area contributed by atoms with Gasteiger partial charge in [-0.2, -0.15) is 0 Å². The third-order valence-corrected chi connectivity index (χ3v) is 2.88. The molecule has 0 aromatic heterocycles. The van der Waals surface area contributed by atoms with Crippen LogP contribution in [0.25, 0.3) is 0 Å². The fraction of sp³-hybridized carbons (Fsp3) is 0.250. The van der Waals surface area contributed by atoms with E-state index in [0.29, 0.717) is 17.1 Å². The molecule has 0 aliphatic heterocycles. The molecular formula is C16H18O3. The summed E-state index contributed by atoms with van der Waals surface area (Å²) < 4.78 is 11.1. The van der Waals surface area contributed by atoms with Crippen LogP contribution in [0.2, 0.25) is 0 Å². The highest BCUT2D eigenvalue weighted by Gasteiger charge is 2.15. The smallest absolute Gasteiger partial charge is 0.136 e. The van der Waals surface area contributed by atoms with Crippen LogP contribution in [0.3, 0.4) is 0 Å². The SMILES string of the molecule is COc1cccc(Oc2cccc(C)c2)c1[C@@H](C)O. The number of hydrogen-bond donors (Lipinski definition) is 1. The minimum Gasteiger partial charge on any atom is -0.496 e. The van der Waals surface area contributed by atoms with E-state index in [1.807, 2.05) is 49.4 Å². The van der Waals surface area contributed by atoms with Crippen molar-refractivity contribution in [1.29, 1.82) is 0 Å². The van der Waals surface area contributed by atoms with Gasteiger partial charge in [0.1, 0.15) is 17.2 Å². The minimum absolute atomic E-state index is 0.611. The van der Waals surface area contributed by atoms with Crippen LogP contribution >= 0.6 is 0 Å². The molecule has 2 rings (SSSR count). The van der Waals surface area contributed by atoms with Gasteiger partial charge in [-0.3, -0.25) is 0 Å². The lowest BCUT2D eigenvalue weighted by atomic mass is 10.1. The molecule has 3 heteroatoms. The number of benzene rings is 2. The molecule has 1 atom stereocenters. The van der Waals surface area contributed by atoms with Gasteiger partial charge < -0.3 is 14.6 Å². The molecule has 0 spiro atoms. The Kier molecular flexibility index (Phi) is 4.07. The first-order chi connectivity index (χ1) is 9.11. The van der Waals surface area contributed by atoms with Crippen molar-refractivity contribution in [2.75, 3.05) is 7.11 Å². The molecule has 1 N–H and O–H groups in total. The average molecular weight is 258 g/mol. The number of rotatable bonds is 4. The quantitative estimate of drug-likeness (QED) is 0.905. The summed E-state index contributed by atoms with van der Waals surface area (Å²) in [5, 5.41) is 9.89. The Bertz CT molecular complexity index is 562. The molecule has 0 saturated heterocycles. The van der Waals surface area contributed by atoms with E-state index in [-0.39, 0.29) is 0 Å². The monoisotopic (exact) mass is 258 g/mol. The molecule has 0 bridgehead atoms. The van der Waals surface area contributed by atoms with Gasteiger partial charge in [0.2, 0.25) is 0 Å². The second-order valence-electron chi connectivity index (χ2n) is 4.47. The van der Waals surface area contributed by atoms with Gasteiger partial charge in [-0.1, -0.05) is 18.2 Å². The molecule has 2 aromatic rings. The van der Waals surface area contributed by atoms with Crippen LogP contribution in [0.4, 0.5) is 0 Å². The molecule has 0 fully saturated rings. The molecule has 0 aliphatic rings. The highest BCUT2D eigenvalue weighted by molar-refractivity contribution is 5.48. The lowest BCUT2D eigenvalue weighted by molar-refractivity contribution is 0.190. The first-order valence-electron chi connectivity index (χ1n) is 6.21. The second kappa shape index (κ2) is 5.76.